The molecule has 0 saturated carbocycles. The number of carbonyl (C=O) groups excluding carboxylic acids is 2. The Bertz CT molecular complexity index is 1240. The lowest BCUT2D eigenvalue weighted by Gasteiger charge is -2.27. The van der Waals surface area contributed by atoms with E-state index in [1.54, 1.807) is 14.0 Å². The van der Waals surface area contributed by atoms with Gasteiger partial charge < -0.3 is 24.4 Å². The molecule has 40 heavy (non-hydrogen) atoms. The average Bonchev–Trinajstić information content (AvgIpc) is 2.96. The van der Waals surface area contributed by atoms with Crippen LogP contribution in [0.4, 0.5) is 4.79 Å². The average molecular weight is 586 g/mol. The number of rotatable bonds is 15. The summed E-state index contributed by atoms with van der Waals surface area (Å²) in [6.07, 6.45) is -1.04. The van der Waals surface area contributed by atoms with Crippen LogP contribution in [0.25, 0.3) is 0 Å². The smallest absolute Gasteiger partial charge is 0.408 e. The summed E-state index contributed by atoms with van der Waals surface area (Å²) in [4.78, 5) is 36.8. The van der Waals surface area contributed by atoms with E-state index in [-0.39, 0.29) is 31.5 Å². The van der Waals surface area contributed by atoms with Crippen molar-refractivity contribution < 1.29 is 33.3 Å². The van der Waals surface area contributed by atoms with Gasteiger partial charge in [0, 0.05) is 24.1 Å². The molecular formula is C30H36NO7PS. The van der Waals surface area contributed by atoms with E-state index in [0.717, 1.165) is 22.4 Å². The van der Waals surface area contributed by atoms with Gasteiger partial charge in [0.15, 0.2) is 0 Å². The number of methoxy groups -OCH3 is 1. The maximum Gasteiger partial charge on any atom is 0.408 e. The summed E-state index contributed by atoms with van der Waals surface area (Å²) < 4.78 is 29.6. The highest BCUT2D eigenvalue weighted by atomic mass is 32.2. The number of hydrogen-bond donors (Lipinski definition) is 2. The molecule has 0 aromatic heterocycles. The SMILES string of the molecule is CCOC(=O)C(CSCc1ccc(OC)cc1)CP(=O)(O)C(Cc1ccccc1)NC(=O)OCc1ccccc1. The van der Waals surface area contributed by atoms with E-state index in [1.165, 1.54) is 11.8 Å². The van der Waals surface area contributed by atoms with E-state index in [9.17, 15) is 19.0 Å². The first-order chi connectivity index (χ1) is 19.3. The third-order valence-electron chi connectivity index (χ3n) is 6.10. The fourth-order valence-electron chi connectivity index (χ4n) is 3.97. The molecule has 3 aromatic rings. The van der Waals surface area contributed by atoms with Gasteiger partial charge >= 0.3 is 12.1 Å². The van der Waals surface area contributed by atoms with E-state index >= 15 is 0 Å². The fourth-order valence-corrected chi connectivity index (χ4v) is 7.20. The van der Waals surface area contributed by atoms with Crippen LogP contribution in [0.1, 0.15) is 23.6 Å². The minimum Gasteiger partial charge on any atom is -0.497 e. The van der Waals surface area contributed by atoms with E-state index in [4.69, 9.17) is 14.2 Å². The summed E-state index contributed by atoms with van der Waals surface area (Å²) in [6.45, 7) is 1.88. The molecule has 0 bridgehead atoms. The van der Waals surface area contributed by atoms with Gasteiger partial charge in [0.1, 0.15) is 18.1 Å². The molecule has 8 nitrogen and oxygen atoms in total. The minimum atomic E-state index is -4.12. The summed E-state index contributed by atoms with van der Waals surface area (Å²) in [5.74, 6) is -0.886. The Kier molecular flexibility index (Phi) is 12.6. The molecule has 10 heteroatoms. The summed E-state index contributed by atoms with van der Waals surface area (Å²) in [6, 6.07) is 25.9. The number of alkyl carbamates (subject to hydrolysis) is 1. The zero-order valence-corrected chi connectivity index (χ0v) is 24.4. The highest BCUT2D eigenvalue weighted by Gasteiger charge is 2.38. The van der Waals surface area contributed by atoms with E-state index in [0.29, 0.717) is 5.75 Å². The lowest BCUT2D eigenvalue weighted by molar-refractivity contribution is -0.146. The van der Waals surface area contributed by atoms with Crippen LogP contribution in [0.2, 0.25) is 0 Å². The summed E-state index contributed by atoms with van der Waals surface area (Å²) in [5, 5.41) is 2.60. The third kappa shape index (κ3) is 10.4. The van der Waals surface area contributed by atoms with Gasteiger partial charge in [-0.05, 0) is 35.7 Å². The number of benzene rings is 3. The predicted octanol–water partition coefficient (Wildman–Crippen LogP) is 5.87. The van der Waals surface area contributed by atoms with Crippen molar-refractivity contribution in [2.45, 2.75) is 31.5 Å². The molecule has 0 saturated heterocycles. The van der Waals surface area contributed by atoms with Crippen LogP contribution in [0, 0.1) is 5.92 Å². The highest BCUT2D eigenvalue weighted by Crippen LogP contribution is 2.48. The maximum absolute atomic E-state index is 13.8. The summed E-state index contributed by atoms with van der Waals surface area (Å²) in [7, 11) is -2.52. The van der Waals surface area contributed by atoms with Crippen molar-refractivity contribution in [1.29, 1.82) is 0 Å². The molecule has 1 amide bonds. The first-order valence-corrected chi connectivity index (χ1v) is 16.1. The largest absolute Gasteiger partial charge is 0.497 e. The standard InChI is InChI=1S/C30H36NO7PS/c1-3-37-29(32)26(22-40-21-25-14-16-27(36-2)17-15-25)20-39(34,35)28(18-23-10-6-4-7-11-23)31-30(33)38-19-24-12-8-5-9-13-24/h4-17,26,28H,3,18-22H2,1-2H3,(H,31,33)(H,34,35). The number of amides is 1. The van der Waals surface area contributed by atoms with Gasteiger partial charge in [0.2, 0.25) is 7.37 Å². The van der Waals surface area contributed by atoms with Gasteiger partial charge in [-0.2, -0.15) is 11.8 Å². The summed E-state index contributed by atoms with van der Waals surface area (Å²) >= 11 is 1.47. The van der Waals surface area contributed by atoms with Crippen molar-refractivity contribution in [3.8, 4) is 5.75 Å². The number of carbonyl (C=O) groups is 2. The van der Waals surface area contributed by atoms with Crippen LogP contribution < -0.4 is 10.1 Å². The van der Waals surface area contributed by atoms with Crippen LogP contribution >= 0.6 is 19.1 Å². The Balaban J connectivity index is 1.71. The summed E-state index contributed by atoms with van der Waals surface area (Å²) in [5.41, 5.74) is 2.60. The second-order valence-electron chi connectivity index (χ2n) is 9.16. The van der Waals surface area contributed by atoms with Gasteiger partial charge in [-0.1, -0.05) is 72.8 Å². The zero-order chi connectivity index (χ0) is 28.8. The topological polar surface area (TPSA) is 111 Å². The Morgan fingerprint density at radius 1 is 0.900 bits per heavy atom. The normalized spacial score (nSPS) is 13.9. The number of thioether (sulfide) groups is 1. The number of hydrogen-bond acceptors (Lipinski definition) is 7. The Hall–Kier alpha value is -3.26. The lowest BCUT2D eigenvalue weighted by atomic mass is 10.1. The van der Waals surface area contributed by atoms with E-state index < -0.39 is 31.1 Å². The third-order valence-corrected chi connectivity index (χ3v) is 9.53. The monoisotopic (exact) mass is 585 g/mol. The van der Waals surface area contributed by atoms with Crippen LogP contribution in [0.15, 0.2) is 84.9 Å². The van der Waals surface area contributed by atoms with Gasteiger partial charge in [-0.15, -0.1) is 0 Å². The molecule has 0 radical (unpaired) electrons. The lowest BCUT2D eigenvalue weighted by Crippen LogP contribution is -2.39. The second-order valence-corrected chi connectivity index (χ2v) is 12.7. The van der Waals surface area contributed by atoms with Crippen molar-refractivity contribution in [2.75, 3.05) is 25.6 Å². The molecule has 0 fully saturated rings. The minimum absolute atomic E-state index is 0.0217. The van der Waals surface area contributed by atoms with E-state index in [1.807, 2.05) is 84.9 Å². The molecule has 3 rings (SSSR count). The number of esters is 1. The van der Waals surface area contributed by atoms with Crippen LogP contribution in [-0.2, 0) is 37.6 Å². The molecule has 0 aliphatic heterocycles. The van der Waals surface area contributed by atoms with E-state index in [2.05, 4.69) is 5.32 Å². The molecular weight excluding hydrogens is 549 g/mol. The highest BCUT2D eigenvalue weighted by molar-refractivity contribution is 7.98. The van der Waals surface area contributed by atoms with Gasteiger partial charge in [0.25, 0.3) is 0 Å². The Morgan fingerprint density at radius 2 is 1.52 bits per heavy atom. The molecule has 2 N–H and O–H groups in total. The molecule has 3 aromatic carbocycles. The van der Waals surface area contributed by atoms with Crippen molar-refractivity contribution >= 4 is 31.2 Å². The fraction of sp³-hybridized carbons (Fsp3) is 0.333. The van der Waals surface area contributed by atoms with Crippen molar-refractivity contribution in [1.82, 2.24) is 5.32 Å². The van der Waals surface area contributed by atoms with Crippen LogP contribution in [0.3, 0.4) is 0 Å². The van der Waals surface area contributed by atoms with Gasteiger partial charge in [0.05, 0.1) is 19.6 Å². The molecule has 3 unspecified atom stereocenters. The first-order valence-electron chi connectivity index (χ1n) is 13.0. The predicted molar refractivity (Wildman–Crippen MR) is 158 cm³/mol. The zero-order valence-electron chi connectivity index (χ0n) is 22.7. The Morgan fingerprint density at radius 3 is 2.12 bits per heavy atom. The van der Waals surface area contributed by atoms with Crippen molar-refractivity contribution in [3.63, 3.8) is 0 Å². The van der Waals surface area contributed by atoms with Crippen LogP contribution in [-0.4, -0.2) is 48.4 Å². The van der Waals surface area contributed by atoms with Crippen molar-refractivity contribution in [2.24, 2.45) is 5.92 Å². The van der Waals surface area contributed by atoms with Crippen molar-refractivity contribution in [3.05, 3.63) is 102 Å². The quantitative estimate of drug-likeness (QED) is 0.168. The van der Waals surface area contributed by atoms with Gasteiger partial charge in [-0.25, -0.2) is 4.79 Å². The molecule has 0 aliphatic carbocycles. The van der Waals surface area contributed by atoms with Gasteiger partial charge in [-0.3, -0.25) is 9.36 Å². The number of nitrogens with one attached hydrogen (secondary N) is 1. The molecule has 0 aliphatic rings. The molecule has 214 valence electrons. The Labute approximate surface area is 239 Å². The maximum atomic E-state index is 13.8. The second kappa shape index (κ2) is 16.1. The molecule has 0 heterocycles. The van der Waals surface area contributed by atoms with Crippen LogP contribution in [0.5, 0.6) is 5.75 Å². The number of ether oxygens (including phenoxy) is 3. The molecule has 3 atom stereocenters. The molecule has 0 spiro atoms. The first kappa shape index (κ1) is 31.3.